The summed E-state index contributed by atoms with van der Waals surface area (Å²) in [4.78, 5) is 4.03. The summed E-state index contributed by atoms with van der Waals surface area (Å²) in [5.41, 5.74) is 0. The highest BCUT2D eigenvalue weighted by Crippen LogP contribution is 2.06. The molecule has 0 saturated heterocycles. The van der Waals surface area contributed by atoms with Crippen LogP contribution >= 0.6 is 15.9 Å². The molecule has 62 valence electrons. The van der Waals surface area contributed by atoms with Crippen LogP contribution in [-0.2, 0) is 11.3 Å². The number of nitrogens with zero attached hydrogens (tertiary/aromatic N) is 2. The van der Waals surface area contributed by atoms with Crippen molar-refractivity contribution in [1.29, 1.82) is 0 Å². The molecule has 0 bridgehead atoms. The van der Waals surface area contributed by atoms with Crippen molar-refractivity contribution in [3.63, 3.8) is 0 Å². The molecule has 0 amide bonds. The van der Waals surface area contributed by atoms with Crippen LogP contribution in [0.3, 0.4) is 0 Å². The summed E-state index contributed by atoms with van der Waals surface area (Å²) >= 11 is 3.33. The third kappa shape index (κ3) is 2.63. The molecule has 0 aliphatic rings. The average molecular weight is 219 g/mol. The topological polar surface area (TPSA) is 27.1 Å². The molecule has 0 spiro atoms. The van der Waals surface area contributed by atoms with Crippen LogP contribution in [0.15, 0.2) is 17.1 Å². The summed E-state index contributed by atoms with van der Waals surface area (Å²) in [7, 11) is 1.71. The van der Waals surface area contributed by atoms with Gasteiger partial charge in [0.1, 0.15) is 0 Å². The molecule has 1 aromatic heterocycles. The fourth-order valence-corrected chi connectivity index (χ4v) is 1.27. The van der Waals surface area contributed by atoms with Crippen molar-refractivity contribution in [1.82, 2.24) is 9.55 Å². The van der Waals surface area contributed by atoms with Crippen LogP contribution in [0.1, 0.15) is 6.42 Å². The predicted octanol–water partition coefficient (Wildman–Crippen LogP) is 1.68. The van der Waals surface area contributed by atoms with E-state index in [2.05, 4.69) is 20.9 Å². The zero-order valence-corrected chi connectivity index (χ0v) is 8.04. The van der Waals surface area contributed by atoms with Crippen molar-refractivity contribution in [3.8, 4) is 0 Å². The number of methoxy groups -OCH3 is 1. The van der Waals surface area contributed by atoms with Gasteiger partial charge in [0, 0.05) is 32.7 Å². The molecule has 0 radical (unpaired) electrons. The van der Waals surface area contributed by atoms with Crippen molar-refractivity contribution in [2.75, 3.05) is 13.7 Å². The summed E-state index contributed by atoms with van der Waals surface area (Å²) in [5, 5.41) is 0. The van der Waals surface area contributed by atoms with E-state index in [1.165, 1.54) is 0 Å². The van der Waals surface area contributed by atoms with E-state index < -0.39 is 0 Å². The Morgan fingerprint density at radius 2 is 2.55 bits per heavy atom. The fourth-order valence-electron chi connectivity index (χ4n) is 0.857. The van der Waals surface area contributed by atoms with E-state index in [-0.39, 0.29) is 0 Å². The lowest BCUT2D eigenvalue weighted by Crippen LogP contribution is -2.00. The lowest BCUT2D eigenvalue weighted by Gasteiger charge is -2.01. The molecule has 3 nitrogen and oxygen atoms in total. The predicted molar refractivity (Wildman–Crippen MR) is 46.4 cm³/mol. The second-order valence-corrected chi connectivity index (χ2v) is 2.95. The largest absolute Gasteiger partial charge is 0.385 e. The maximum Gasteiger partial charge on any atom is 0.177 e. The van der Waals surface area contributed by atoms with E-state index >= 15 is 0 Å². The minimum absolute atomic E-state index is 0.796. The van der Waals surface area contributed by atoms with Gasteiger partial charge in [-0.15, -0.1) is 0 Å². The number of ether oxygens (including phenoxy) is 1. The van der Waals surface area contributed by atoms with Gasteiger partial charge in [-0.1, -0.05) is 0 Å². The Morgan fingerprint density at radius 1 is 1.73 bits per heavy atom. The van der Waals surface area contributed by atoms with E-state index in [9.17, 15) is 0 Å². The van der Waals surface area contributed by atoms with Crippen molar-refractivity contribution < 1.29 is 4.74 Å². The Hall–Kier alpha value is -0.350. The number of aromatic nitrogens is 2. The van der Waals surface area contributed by atoms with Gasteiger partial charge >= 0.3 is 0 Å². The molecular weight excluding hydrogens is 208 g/mol. The molecule has 0 N–H and O–H groups in total. The standard InChI is InChI=1S/C7H11BrN2O/c1-11-6-2-4-10-5-3-9-7(10)8/h3,5H,2,4,6H2,1H3. The van der Waals surface area contributed by atoms with Gasteiger partial charge in [-0.2, -0.15) is 0 Å². The highest BCUT2D eigenvalue weighted by atomic mass is 79.9. The Kier molecular flexibility index (Phi) is 3.59. The average Bonchev–Trinajstić information content (AvgIpc) is 2.37. The van der Waals surface area contributed by atoms with Crippen LogP contribution in [0.4, 0.5) is 0 Å². The van der Waals surface area contributed by atoms with Crippen LogP contribution < -0.4 is 0 Å². The van der Waals surface area contributed by atoms with Gasteiger partial charge in [-0.3, -0.25) is 0 Å². The van der Waals surface area contributed by atoms with E-state index in [0.717, 1.165) is 24.3 Å². The molecule has 0 aromatic carbocycles. The molecule has 0 atom stereocenters. The quantitative estimate of drug-likeness (QED) is 0.720. The third-order valence-electron chi connectivity index (χ3n) is 1.41. The van der Waals surface area contributed by atoms with Gasteiger partial charge in [0.25, 0.3) is 0 Å². The summed E-state index contributed by atoms with van der Waals surface area (Å²) in [5.74, 6) is 0. The molecule has 0 aliphatic heterocycles. The molecule has 11 heavy (non-hydrogen) atoms. The first-order chi connectivity index (χ1) is 5.34. The highest BCUT2D eigenvalue weighted by Gasteiger charge is 1.95. The maximum absolute atomic E-state index is 4.93. The van der Waals surface area contributed by atoms with E-state index in [1.54, 1.807) is 13.3 Å². The van der Waals surface area contributed by atoms with Crippen LogP contribution in [0.25, 0.3) is 0 Å². The highest BCUT2D eigenvalue weighted by molar-refractivity contribution is 9.10. The molecule has 1 heterocycles. The Morgan fingerprint density at radius 3 is 3.09 bits per heavy atom. The Balaban J connectivity index is 2.32. The molecule has 0 aliphatic carbocycles. The Bertz CT molecular complexity index is 212. The number of rotatable bonds is 4. The summed E-state index contributed by atoms with van der Waals surface area (Å²) in [6.07, 6.45) is 4.74. The summed E-state index contributed by atoms with van der Waals surface area (Å²) < 4.78 is 7.85. The van der Waals surface area contributed by atoms with E-state index in [0.29, 0.717) is 0 Å². The monoisotopic (exact) mass is 218 g/mol. The second kappa shape index (κ2) is 4.51. The minimum Gasteiger partial charge on any atom is -0.385 e. The van der Waals surface area contributed by atoms with Crippen molar-refractivity contribution in [2.45, 2.75) is 13.0 Å². The normalized spacial score (nSPS) is 10.4. The first-order valence-corrected chi connectivity index (χ1v) is 4.29. The molecular formula is C7H11BrN2O. The number of halogens is 1. The first kappa shape index (κ1) is 8.74. The molecule has 0 unspecified atom stereocenters. The molecule has 0 fully saturated rings. The van der Waals surface area contributed by atoms with Crippen LogP contribution in [0, 0.1) is 0 Å². The second-order valence-electron chi connectivity index (χ2n) is 2.24. The number of hydrogen-bond donors (Lipinski definition) is 0. The third-order valence-corrected chi connectivity index (χ3v) is 2.07. The molecule has 1 aromatic rings. The van der Waals surface area contributed by atoms with Crippen molar-refractivity contribution >= 4 is 15.9 Å². The van der Waals surface area contributed by atoms with Gasteiger partial charge in [-0.25, -0.2) is 4.98 Å². The number of aryl methyl sites for hydroxylation is 1. The number of imidazole rings is 1. The number of hydrogen-bond acceptors (Lipinski definition) is 2. The van der Waals surface area contributed by atoms with Crippen LogP contribution in [0.2, 0.25) is 0 Å². The zero-order valence-electron chi connectivity index (χ0n) is 6.46. The molecule has 4 heteroatoms. The lowest BCUT2D eigenvalue weighted by molar-refractivity contribution is 0.190. The first-order valence-electron chi connectivity index (χ1n) is 3.50. The maximum atomic E-state index is 4.93. The van der Waals surface area contributed by atoms with Crippen molar-refractivity contribution in [3.05, 3.63) is 17.1 Å². The van der Waals surface area contributed by atoms with Gasteiger partial charge in [0.15, 0.2) is 4.73 Å². The van der Waals surface area contributed by atoms with Gasteiger partial charge in [0.05, 0.1) is 0 Å². The SMILES string of the molecule is COCCCn1ccnc1Br. The van der Waals surface area contributed by atoms with Gasteiger partial charge in [-0.05, 0) is 22.4 Å². The van der Waals surface area contributed by atoms with Crippen molar-refractivity contribution in [2.24, 2.45) is 0 Å². The Labute approximate surface area is 74.5 Å². The van der Waals surface area contributed by atoms with Gasteiger partial charge < -0.3 is 9.30 Å². The summed E-state index contributed by atoms with van der Waals surface area (Å²) in [6, 6.07) is 0. The summed E-state index contributed by atoms with van der Waals surface area (Å²) in [6.45, 7) is 1.75. The van der Waals surface area contributed by atoms with Crippen LogP contribution in [0.5, 0.6) is 0 Å². The fraction of sp³-hybridized carbons (Fsp3) is 0.571. The van der Waals surface area contributed by atoms with E-state index in [4.69, 9.17) is 4.74 Å². The molecule has 1 rings (SSSR count). The lowest BCUT2D eigenvalue weighted by atomic mass is 10.4. The zero-order chi connectivity index (χ0) is 8.10. The van der Waals surface area contributed by atoms with E-state index in [1.807, 2.05) is 10.8 Å². The molecule has 0 saturated carbocycles. The van der Waals surface area contributed by atoms with Crippen LogP contribution in [-0.4, -0.2) is 23.3 Å². The smallest absolute Gasteiger partial charge is 0.177 e. The van der Waals surface area contributed by atoms with Gasteiger partial charge in [0.2, 0.25) is 0 Å². The minimum atomic E-state index is 0.796.